The number of nitrogens with one attached hydrogen (secondary N) is 3. The maximum Gasteiger partial charge on any atom is 0.333 e. The van der Waals surface area contributed by atoms with E-state index in [0.717, 1.165) is 18.7 Å². The number of hydrazine groups is 1. The van der Waals surface area contributed by atoms with Crippen molar-refractivity contribution in [3.8, 4) is 0 Å². The quantitative estimate of drug-likeness (QED) is 0.611. The monoisotopic (exact) mass is 386 g/mol. The van der Waals surface area contributed by atoms with Crippen LogP contribution in [0.25, 0.3) is 0 Å². The number of urea groups is 1. The Morgan fingerprint density at radius 1 is 0.964 bits per heavy atom. The minimum atomic E-state index is -0.486. The van der Waals surface area contributed by atoms with Crippen LogP contribution >= 0.6 is 0 Å². The predicted octanol–water partition coefficient (Wildman–Crippen LogP) is 2.78. The number of carbonyl (C=O) groups is 2. The van der Waals surface area contributed by atoms with Crippen molar-refractivity contribution in [1.82, 2.24) is 21.1 Å². The molecule has 0 aliphatic rings. The average Bonchev–Trinajstić information content (AvgIpc) is 2.72. The second-order valence-electron chi connectivity index (χ2n) is 6.33. The Kier molecular flexibility index (Phi) is 8.42. The van der Waals surface area contributed by atoms with Gasteiger partial charge in [0.1, 0.15) is 5.82 Å². The Bertz CT molecular complexity index is 749. The van der Waals surface area contributed by atoms with Gasteiger partial charge in [0, 0.05) is 6.54 Å². The van der Waals surface area contributed by atoms with E-state index in [1.807, 2.05) is 30.3 Å². The highest BCUT2D eigenvalue weighted by atomic mass is 19.1. The molecule has 3 N–H and O–H groups in total. The Morgan fingerprint density at radius 2 is 1.61 bits per heavy atom. The lowest BCUT2D eigenvalue weighted by Crippen LogP contribution is -2.49. The molecule has 28 heavy (non-hydrogen) atoms. The zero-order valence-electron chi connectivity index (χ0n) is 16.2. The van der Waals surface area contributed by atoms with Gasteiger partial charge in [0.15, 0.2) is 0 Å². The van der Waals surface area contributed by atoms with Crippen molar-refractivity contribution in [2.75, 3.05) is 19.6 Å². The Hall–Kier alpha value is -2.93. The molecule has 0 radical (unpaired) electrons. The van der Waals surface area contributed by atoms with Crippen molar-refractivity contribution in [2.45, 2.75) is 26.3 Å². The molecule has 0 fully saturated rings. The molecule has 0 saturated heterocycles. The minimum absolute atomic E-state index is 0.0388. The van der Waals surface area contributed by atoms with Crippen molar-refractivity contribution in [3.63, 3.8) is 0 Å². The van der Waals surface area contributed by atoms with Crippen molar-refractivity contribution in [3.05, 3.63) is 71.5 Å². The number of benzene rings is 2. The van der Waals surface area contributed by atoms with Crippen LogP contribution in [0, 0.1) is 5.82 Å². The standard InChI is InChI=1S/C21H27FN4O2/c1-3-26(4-2)19(17-8-6-5-7-9-17)15-23-21(28)25-24-20(27)14-16-10-12-18(22)13-11-16/h5-13,19H,3-4,14-15H2,1-2H3,(H,24,27)(H2,23,25,28). The molecule has 2 aromatic carbocycles. The molecule has 3 amide bonds. The summed E-state index contributed by atoms with van der Waals surface area (Å²) in [5, 5.41) is 2.80. The van der Waals surface area contributed by atoms with E-state index in [1.165, 1.54) is 24.3 Å². The lowest BCUT2D eigenvalue weighted by Gasteiger charge is -2.30. The summed E-state index contributed by atoms with van der Waals surface area (Å²) in [7, 11) is 0. The summed E-state index contributed by atoms with van der Waals surface area (Å²) in [6.45, 7) is 6.28. The molecular weight excluding hydrogens is 359 g/mol. The molecule has 0 aromatic heterocycles. The van der Waals surface area contributed by atoms with Gasteiger partial charge in [-0.3, -0.25) is 15.1 Å². The number of hydrogen-bond donors (Lipinski definition) is 3. The summed E-state index contributed by atoms with van der Waals surface area (Å²) in [6, 6.07) is 15.2. The maximum atomic E-state index is 12.9. The van der Waals surface area contributed by atoms with Gasteiger partial charge >= 0.3 is 6.03 Å². The summed E-state index contributed by atoms with van der Waals surface area (Å²) in [6.07, 6.45) is 0.0483. The van der Waals surface area contributed by atoms with Crippen molar-refractivity contribution in [1.29, 1.82) is 0 Å². The highest BCUT2D eigenvalue weighted by Gasteiger charge is 2.18. The van der Waals surface area contributed by atoms with Crippen LogP contribution in [0.5, 0.6) is 0 Å². The fraction of sp³-hybridized carbons (Fsp3) is 0.333. The van der Waals surface area contributed by atoms with E-state index in [9.17, 15) is 14.0 Å². The van der Waals surface area contributed by atoms with E-state index < -0.39 is 6.03 Å². The van der Waals surface area contributed by atoms with Crippen LogP contribution in [-0.2, 0) is 11.2 Å². The third-order valence-electron chi connectivity index (χ3n) is 4.49. The lowest BCUT2D eigenvalue weighted by molar-refractivity contribution is -0.121. The van der Waals surface area contributed by atoms with Crippen LogP contribution in [0.1, 0.15) is 31.0 Å². The van der Waals surface area contributed by atoms with Crippen LogP contribution in [0.15, 0.2) is 54.6 Å². The normalized spacial score (nSPS) is 11.7. The van der Waals surface area contributed by atoms with Gasteiger partial charge in [-0.05, 0) is 36.3 Å². The van der Waals surface area contributed by atoms with Gasteiger partial charge in [-0.25, -0.2) is 14.6 Å². The van der Waals surface area contributed by atoms with Crippen molar-refractivity contribution < 1.29 is 14.0 Å². The fourth-order valence-corrected chi connectivity index (χ4v) is 2.99. The highest BCUT2D eigenvalue weighted by molar-refractivity contribution is 5.82. The SMILES string of the molecule is CCN(CC)C(CNC(=O)NNC(=O)Cc1ccc(F)cc1)c1ccccc1. The second kappa shape index (κ2) is 11.0. The van der Waals surface area contributed by atoms with Crippen molar-refractivity contribution >= 4 is 11.9 Å². The zero-order valence-corrected chi connectivity index (χ0v) is 16.2. The molecule has 0 saturated carbocycles. The Balaban J connectivity index is 1.83. The molecular formula is C21H27FN4O2. The molecule has 150 valence electrons. The van der Waals surface area contributed by atoms with E-state index >= 15 is 0 Å². The molecule has 0 aliphatic carbocycles. The van der Waals surface area contributed by atoms with Gasteiger partial charge in [-0.15, -0.1) is 0 Å². The van der Waals surface area contributed by atoms with E-state index in [-0.39, 0.29) is 24.2 Å². The third kappa shape index (κ3) is 6.66. The molecule has 6 nitrogen and oxygen atoms in total. The minimum Gasteiger partial charge on any atom is -0.335 e. The first kappa shape index (κ1) is 21.4. The van der Waals surface area contributed by atoms with E-state index in [0.29, 0.717) is 12.1 Å². The molecule has 2 rings (SSSR count). The van der Waals surface area contributed by atoms with Crippen LogP contribution < -0.4 is 16.2 Å². The van der Waals surface area contributed by atoms with Crippen molar-refractivity contribution in [2.24, 2.45) is 0 Å². The fourth-order valence-electron chi connectivity index (χ4n) is 2.99. The number of likely N-dealkylation sites (N-methyl/N-ethyl adjacent to an activating group) is 1. The first-order valence-electron chi connectivity index (χ1n) is 9.39. The van der Waals surface area contributed by atoms with E-state index in [4.69, 9.17) is 0 Å². The number of nitrogens with zero attached hydrogens (tertiary/aromatic N) is 1. The topological polar surface area (TPSA) is 73.5 Å². The van der Waals surface area contributed by atoms with Gasteiger partial charge in [0.2, 0.25) is 5.91 Å². The number of carbonyl (C=O) groups excluding carboxylic acids is 2. The lowest BCUT2D eigenvalue weighted by atomic mass is 10.1. The molecule has 0 bridgehead atoms. The van der Waals surface area contributed by atoms with Gasteiger partial charge in [-0.1, -0.05) is 56.3 Å². The summed E-state index contributed by atoms with van der Waals surface area (Å²) in [4.78, 5) is 26.2. The van der Waals surface area contributed by atoms with Crippen LogP contribution in [0.2, 0.25) is 0 Å². The van der Waals surface area contributed by atoms with Gasteiger partial charge in [0.05, 0.1) is 12.5 Å². The predicted molar refractivity (Wildman–Crippen MR) is 107 cm³/mol. The first-order chi connectivity index (χ1) is 13.5. The molecule has 0 spiro atoms. The number of halogens is 1. The number of hydrogen-bond acceptors (Lipinski definition) is 3. The van der Waals surface area contributed by atoms with E-state index in [1.54, 1.807) is 0 Å². The molecule has 1 unspecified atom stereocenters. The molecule has 0 heterocycles. The summed E-state index contributed by atoms with van der Waals surface area (Å²) < 4.78 is 12.9. The number of rotatable bonds is 8. The van der Waals surface area contributed by atoms with Crippen LogP contribution in [0.3, 0.4) is 0 Å². The van der Waals surface area contributed by atoms with Crippen LogP contribution in [-0.4, -0.2) is 36.5 Å². The van der Waals surface area contributed by atoms with Gasteiger partial charge in [0.25, 0.3) is 0 Å². The Labute approximate surface area is 165 Å². The maximum absolute atomic E-state index is 12.9. The highest BCUT2D eigenvalue weighted by Crippen LogP contribution is 2.19. The Morgan fingerprint density at radius 3 is 2.21 bits per heavy atom. The molecule has 0 aliphatic heterocycles. The number of amides is 3. The second-order valence-corrected chi connectivity index (χ2v) is 6.33. The summed E-state index contributed by atoms with van der Waals surface area (Å²) >= 11 is 0. The summed E-state index contributed by atoms with van der Waals surface area (Å²) in [5.41, 5.74) is 6.49. The largest absolute Gasteiger partial charge is 0.335 e. The molecule has 7 heteroatoms. The molecule has 2 aromatic rings. The van der Waals surface area contributed by atoms with E-state index in [2.05, 4.69) is 34.9 Å². The zero-order chi connectivity index (χ0) is 20.4. The van der Waals surface area contributed by atoms with Crippen LogP contribution in [0.4, 0.5) is 9.18 Å². The average molecular weight is 386 g/mol. The third-order valence-corrected chi connectivity index (χ3v) is 4.49. The smallest absolute Gasteiger partial charge is 0.333 e. The van der Waals surface area contributed by atoms with Gasteiger partial charge in [-0.2, -0.15) is 0 Å². The van der Waals surface area contributed by atoms with Gasteiger partial charge < -0.3 is 5.32 Å². The summed E-state index contributed by atoms with van der Waals surface area (Å²) in [5.74, 6) is -0.743. The first-order valence-corrected chi connectivity index (χ1v) is 9.39. The molecule has 1 atom stereocenters.